The number of anilines is 1. The third-order valence-corrected chi connectivity index (χ3v) is 2.87. The molecule has 0 aromatic heterocycles. The first-order valence-corrected chi connectivity index (χ1v) is 5.98. The molecule has 0 aliphatic rings. The van der Waals surface area contributed by atoms with Crippen molar-refractivity contribution in [3.8, 4) is 6.07 Å². The summed E-state index contributed by atoms with van der Waals surface area (Å²) < 4.78 is 0. The average Bonchev–Trinajstić information content (AvgIpc) is 2.37. The quantitative estimate of drug-likeness (QED) is 0.875. The van der Waals surface area contributed by atoms with Gasteiger partial charge in [0.15, 0.2) is 0 Å². The molecule has 1 atom stereocenters. The van der Waals surface area contributed by atoms with Crippen LogP contribution in [0.4, 0.5) is 5.69 Å². The molecule has 90 valence electrons. The average molecular weight is 236 g/mol. The molecule has 0 heterocycles. The van der Waals surface area contributed by atoms with Gasteiger partial charge < -0.3 is 5.32 Å². The molecule has 18 heavy (non-hydrogen) atoms. The van der Waals surface area contributed by atoms with Crippen LogP contribution in [0.15, 0.2) is 48.5 Å². The Morgan fingerprint density at radius 1 is 1.00 bits per heavy atom. The molecule has 0 spiro atoms. The zero-order valence-electron chi connectivity index (χ0n) is 10.6. The van der Waals surface area contributed by atoms with Gasteiger partial charge >= 0.3 is 0 Å². The molecule has 2 rings (SSSR count). The van der Waals surface area contributed by atoms with Crippen LogP contribution in [-0.2, 0) is 0 Å². The van der Waals surface area contributed by atoms with E-state index in [0.717, 1.165) is 11.3 Å². The third kappa shape index (κ3) is 2.89. The normalized spacial score (nSPS) is 11.6. The lowest BCUT2D eigenvalue weighted by Crippen LogP contribution is -2.08. The van der Waals surface area contributed by atoms with Crippen LogP contribution in [0.5, 0.6) is 0 Å². The highest BCUT2D eigenvalue weighted by Gasteiger charge is 2.09. The second-order valence-electron chi connectivity index (χ2n) is 4.49. The Morgan fingerprint density at radius 2 is 1.72 bits per heavy atom. The lowest BCUT2D eigenvalue weighted by atomic mass is 10.1. The van der Waals surface area contributed by atoms with E-state index < -0.39 is 0 Å². The monoisotopic (exact) mass is 236 g/mol. The van der Waals surface area contributed by atoms with Crippen LogP contribution >= 0.6 is 0 Å². The van der Waals surface area contributed by atoms with Gasteiger partial charge in [0.2, 0.25) is 0 Å². The molecule has 0 saturated heterocycles. The fourth-order valence-corrected chi connectivity index (χ4v) is 1.85. The lowest BCUT2D eigenvalue weighted by Gasteiger charge is -2.14. The summed E-state index contributed by atoms with van der Waals surface area (Å²) in [6, 6.07) is 18.1. The zero-order chi connectivity index (χ0) is 13.0. The topological polar surface area (TPSA) is 35.8 Å². The van der Waals surface area contributed by atoms with E-state index in [0.29, 0.717) is 0 Å². The largest absolute Gasteiger partial charge is 0.366 e. The summed E-state index contributed by atoms with van der Waals surface area (Å²) in [5.74, 6) is 0. The van der Waals surface area contributed by atoms with Gasteiger partial charge in [-0.15, -0.1) is 0 Å². The van der Waals surface area contributed by atoms with Gasteiger partial charge in [-0.25, -0.2) is 0 Å². The maximum absolute atomic E-state index is 9.27. The van der Waals surface area contributed by atoms with Crippen molar-refractivity contribution >= 4 is 5.69 Å². The number of hydrogen-bond donors (Lipinski definition) is 1. The molecule has 0 bridgehead atoms. The van der Waals surface area contributed by atoms with Crippen molar-refractivity contribution in [1.29, 1.82) is 5.26 Å². The van der Waals surface area contributed by atoms with Crippen molar-refractivity contribution in [2.24, 2.45) is 0 Å². The second-order valence-corrected chi connectivity index (χ2v) is 4.49. The van der Waals surface area contributed by atoms with Crippen LogP contribution in [0.25, 0.3) is 0 Å². The number of benzene rings is 2. The first kappa shape index (κ1) is 12.2. The SMILES string of the molecule is Cc1ccc(C(C#N)Nc2cccc(C)c2)cc1. The van der Waals surface area contributed by atoms with Gasteiger partial charge in [-0.3, -0.25) is 0 Å². The summed E-state index contributed by atoms with van der Waals surface area (Å²) in [6.45, 7) is 4.08. The highest BCUT2D eigenvalue weighted by Crippen LogP contribution is 2.20. The number of nitrogens with one attached hydrogen (secondary N) is 1. The van der Waals surface area contributed by atoms with E-state index in [1.807, 2.05) is 62.4 Å². The molecular formula is C16H16N2. The first-order valence-electron chi connectivity index (χ1n) is 5.98. The minimum absolute atomic E-state index is 0.313. The summed E-state index contributed by atoms with van der Waals surface area (Å²) in [4.78, 5) is 0. The second kappa shape index (κ2) is 5.37. The molecule has 0 fully saturated rings. The van der Waals surface area contributed by atoms with Crippen LogP contribution in [0.3, 0.4) is 0 Å². The van der Waals surface area contributed by atoms with Crippen molar-refractivity contribution in [1.82, 2.24) is 0 Å². The number of nitriles is 1. The summed E-state index contributed by atoms with van der Waals surface area (Å²) in [7, 11) is 0. The molecule has 0 saturated carbocycles. The van der Waals surface area contributed by atoms with Crippen molar-refractivity contribution in [2.75, 3.05) is 5.32 Å². The Morgan fingerprint density at radius 3 is 2.33 bits per heavy atom. The lowest BCUT2D eigenvalue weighted by molar-refractivity contribution is 0.995. The molecule has 0 aliphatic carbocycles. The highest BCUT2D eigenvalue weighted by atomic mass is 14.9. The van der Waals surface area contributed by atoms with Crippen LogP contribution in [0.2, 0.25) is 0 Å². The van der Waals surface area contributed by atoms with E-state index in [2.05, 4.69) is 11.4 Å². The van der Waals surface area contributed by atoms with E-state index in [-0.39, 0.29) is 6.04 Å². The van der Waals surface area contributed by atoms with Crippen LogP contribution < -0.4 is 5.32 Å². The number of rotatable bonds is 3. The predicted octanol–water partition coefficient (Wildman–Crippen LogP) is 3.98. The summed E-state index contributed by atoms with van der Waals surface area (Å²) in [5.41, 5.74) is 4.35. The van der Waals surface area contributed by atoms with Crippen molar-refractivity contribution < 1.29 is 0 Å². The molecule has 0 aliphatic heterocycles. The fraction of sp³-hybridized carbons (Fsp3) is 0.188. The fourth-order valence-electron chi connectivity index (χ4n) is 1.85. The minimum atomic E-state index is -0.313. The standard InChI is InChI=1S/C16H16N2/c1-12-6-8-14(9-7-12)16(11-17)18-15-5-3-4-13(2)10-15/h3-10,16,18H,1-2H3. The van der Waals surface area contributed by atoms with E-state index >= 15 is 0 Å². The summed E-state index contributed by atoms with van der Waals surface area (Å²) in [5, 5.41) is 12.5. The summed E-state index contributed by atoms with van der Waals surface area (Å²) in [6.07, 6.45) is 0. The van der Waals surface area contributed by atoms with Crippen molar-refractivity contribution in [3.63, 3.8) is 0 Å². The first-order chi connectivity index (χ1) is 8.69. The molecule has 2 nitrogen and oxygen atoms in total. The van der Waals surface area contributed by atoms with Crippen molar-refractivity contribution in [2.45, 2.75) is 19.9 Å². The van der Waals surface area contributed by atoms with E-state index in [4.69, 9.17) is 0 Å². The van der Waals surface area contributed by atoms with Gasteiger partial charge in [0.25, 0.3) is 0 Å². The predicted molar refractivity (Wildman–Crippen MR) is 74.3 cm³/mol. The Balaban J connectivity index is 2.20. The van der Waals surface area contributed by atoms with Gasteiger partial charge in [0, 0.05) is 5.69 Å². The number of nitrogens with zero attached hydrogens (tertiary/aromatic N) is 1. The van der Waals surface area contributed by atoms with Gasteiger partial charge in [0.05, 0.1) is 6.07 Å². The van der Waals surface area contributed by atoms with E-state index in [1.165, 1.54) is 11.1 Å². The highest BCUT2D eigenvalue weighted by molar-refractivity contribution is 5.49. The van der Waals surface area contributed by atoms with E-state index in [9.17, 15) is 5.26 Å². The maximum atomic E-state index is 9.27. The Kier molecular flexibility index (Phi) is 3.64. The van der Waals surface area contributed by atoms with Crippen LogP contribution in [-0.4, -0.2) is 0 Å². The molecule has 1 unspecified atom stereocenters. The third-order valence-electron chi connectivity index (χ3n) is 2.87. The van der Waals surface area contributed by atoms with Crippen LogP contribution in [0.1, 0.15) is 22.7 Å². The Labute approximate surface area is 108 Å². The van der Waals surface area contributed by atoms with Gasteiger partial charge in [-0.05, 0) is 37.1 Å². The zero-order valence-corrected chi connectivity index (χ0v) is 10.6. The Hall–Kier alpha value is -2.27. The van der Waals surface area contributed by atoms with Crippen molar-refractivity contribution in [3.05, 3.63) is 65.2 Å². The smallest absolute Gasteiger partial charge is 0.140 e. The molecule has 0 radical (unpaired) electrons. The molecule has 2 heteroatoms. The maximum Gasteiger partial charge on any atom is 0.140 e. The molecule has 2 aromatic carbocycles. The van der Waals surface area contributed by atoms with Gasteiger partial charge in [0.1, 0.15) is 6.04 Å². The molecule has 1 N–H and O–H groups in total. The summed E-state index contributed by atoms with van der Waals surface area (Å²) >= 11 is 0. The molecule has 0 amide bonds. The molecule has 2 aromatic rings. The number of hydrogen-bond acceptors (Lipinski definition) is 2. The van der Waals surface area contributed by atoms with Gasteiger partial charge in [-0.1, -0.05) is 42.0 Å². The number of aryl methyl sites for hydroxylation is 2. The Bertz CT molecular complexity index is 564. The van der Waals surface area contributed by atoms with Gasteiger partial charge in [-0.2, -0.15) is 5.26 Å². The van der Waals surface area contributed by atoms with E-state index in [1.54, 1.807) is 0 Å². The molecular weight excluding hydrogens is 220 g/mol. The minimum Gasteiger partial charge on any atom is -0.366 e. The van der Waals surface area contributed by atoms with Crippen LogP contribution in [0, 0.1) is 25.2 Å².